The molecule has 20 heteroatoms. The second kappa shape index (κ2) is 14.8. The van der Waals surface area contributed by atoms with E-state index >= 15 is 8.78 Å². The second-order valence-electron chi connectivity index (χ2n) is 15.6. The number of primary amides is 1. The topological polar surface area (TPSA) is 132 Å². The molecule has 2 aromatic carbocycles. The Hall–Kier alpha value is -5.21. The zero-order valence-corrected chi connectivity index (χ0v) is 32.5. The summed E-state index contributed by atoms with van der Waals surface area (Å²) in [7, 11) is 0. The SMILES string of the molecule is CCN(C1COC1)[C@H]1CCN(c2nc3nc([C@H](Cc4cc(F)cc(F)c4)NC(=O)Cn4nc(C(F)(F)F)c5c4C(F)(F)[C@@H]4C[C@H]54)c(-c4ccc(F)c(C(N)=O)c4)cc3s2)C1. The van der Waals surface area contributed by atoms with Crippen LogP contribution in [0.25, 0.3) is 21.5 Å². The standard InChI is InChI=1S/C40H36F8N8O3S/c1-2-55(23-16-59-17-23)22-5-6-54(14-22)38-52-37-30(60-38)13-24(19-3-4-28(43)26(10-19)36(49)58)33(51-37)29(9-18-7-20(41)11-21(42)8-18)50-31(57)15-56-35-32(34(53-56)40(46,47)48)25-12-27(25)39(35,44)45/h3-4,7-8,10-11,13,22-23,25,27,29H,2,5-6,9,12,14-17H2,1H3,(H2,49,58)(H,50,57)/t22-,25-,27+,29-/m0/s1. The van der Waals surface area contributed by atoms with Gasteiger partial charge in [0.2, 0.25) is 5.91 Å². The first-order valence-corrected chi connectivity index (χ1v) is 20.1. The average molecular weight is 861 g/mol. The van der Waals surface area contributed by atoms with Crippen LogP contribution in [0, 0.1) is 23.4 Å². The molecular weight excluding hydrogens is 825 g/mol. The van der Waals surface area contributed by atoms with Crippen molar-refractivity contribution in [2.45, 2.75) is 68.9 Å². The van der Waals surface area contributed by atoms with Crippen LogP contribution >= 0.6 is 11.3 Å². The average Bonchev–Trinajstić information content (AvgIpc) is 3.42. The molecule has 60 heavy (non-hydrogen) atoms. The van der Waals surface area contributed by atoms with Crippen LogP contribution in [0.3, 0.4) is 0 Å². The number of rotatable bonds is 12. The number of alkyl halides is 5. The maximum absolute atomic E-state index is 15.4. The van der Waals surface area contributed by atoms with Crippen molar-refractivity contribution in [2.75, 3.05) is 37.7 Å². The summed E-state index contributed by atoms with van der Waals surface area (Å²) in [6.07, 6.45) is -4.72. The second-order valence-corrected chi connectivity index (χ2v) is 16.7. The number of anilines is 1. The Labute approximate surface area is 340 Å². The first-order valence-electron chi connectivity index (χ1n) is 19.3. The molecule has 2 saturated heterocycles. The fourth-order valence-corrected chi connectivity index (χ4v) is 9.93. The summed E-state index contributed by atoms with van der Waals surface area (Å²) < 4.78 is 123. The van der Waals surface area contributed by atoms with Crippen LogP contribution in [-0.2, 0) is 34.6 Å². The fourth-order valence-electron chi connectivity index (χ4n) is 8.94. The van der Waals surface area contributed by atoms with E-state index in [0.29, 0.717) is 52.9 Å². The number of carbonyl (C=O) groups excluding carboxylic acids is 2. The lowest BCUT2D eigenvalue weighted by Gasteiger charge is -2.40. The van der Waals surface area contributed by atoms with Gasteiger partial charge in [-0.2, -0.15) is 32.0 Å². The van der Waals surface area contributed by atoms with E-state index < -0.39 is 88.3 Å². The molecule has 0 unspecified atom stereocenters. The number of hydrogen-bond acceptors (Lipinski definition) is 9. The van der Waals surface area contributed by atoms with Gasteiger partial charge in [-0.25, -0.2) is 18.2 Å². The lowest BCUT2D eigenvalue weighted by Crippen LogP contribution is -2.53. The molecule has 2 amide bonds. The predicted molar refractivity (Wildman–Crippen MR) is 202 cm³/mol. The number of nitrogens with zero attached hydrogens (tertiary/aromatic N) is 6. The molecule has 3 aromatic heterocycles. The number of amides is 2. The van der Waals surface area contributed by atoms with E-state index in [9.17, 15) is 35.9 Å². The van der Waals surface area contributed by atoms with Gasteiger partial charge in [-0.1, -0.05) is 24.3 Å². The summed E-state index contributed by atoms with van der Waals surface area (Å²) >= 11 is 1.31. The van der Waals surface area contributed by atoms with Gasteiger partial charge in [0.1, 0.15) is 29.7 Å². The number of nitrogens with two attached hydrogens (primary N) is 1. The lowest BCUT2D eigenvalue weighted by atomic mass is 9.94. The Morgan fingerprint density at radius 1 is 1.07 bits per heavy atom. The van der Waals surface area contributed by atoms with E-state index in [1.54, 1.807) is 6.07 Å². The van der Waals surface area contributed by atoms with Gasteiger partial charge in [0.05, 0.1) is 41.3 Å². The van der Waals surface area contributed by atoms with Crippen molar-refractivity contribution in [3.05, 3.63) is 93.7 Å². The van der Waals surface area contributed by atoms with Crippen LogP contribution in [0.15, 0.2) is 42.5 Å². The summed E-state index contributed by atoms with van der Waals surface area (Å²) in [5.41, 5.74) is 2.58. The monoisotopic (exact) mass is 860 g/mol. The van der Waals surface area contributed by atoms with Crippen LogP contribution in [0.2, 0.25) is 0 Å². The van der Waals surface area contributed by atoms with Crippen molar-refractivity contribution in [1.82, 2.24) is 30.0 Å². The quantitative estimate of drug-likeness (QED) is 0.133. The minimum absolute atomic E-state index is 0.00841. The third kappa shape index (κ3) is 7.14. The van der Waals surface area contributed by atoms with Crippen LogP contribution in [0.1, 0.15) is 70.3 Å². The van der Waals surface area contributed by atoms with Crippen molar-refractivity contribution in [2.24, 2.45) is 11.7 Å². The number of hydrogen-bond donors (Lipinski definition) is 2. The molecule has 3 N–H and O–H groups in total. The van der Waals surface area contributed by atoms with E-state index in [1.807, 2.05) is 0 Å². The molecule has 2 aliphatic carbocycles. The van der Waals surface area contributed by atoms with Gasteiger partial charge in [0, 0.05) is 42.2 Å². The Bertz CT molecular complexity index is 2520. The van der Waals surface area contributed by atoms with Crippen molar-refractivity contribution >= 4 is 38.6 Å². The summed E-state index contributed by atoms with van der Waals surface area (Å²) in [5.74, 6) is -11.0. The van der Waals surface area contributed by atoms with Gasteiger partial charge in [0.25, 0.3) is 11.8 Å². The molecule has 5 heterocycles. The molecule has 1 saturated carbocycles. The molecule has 3 fully saturated rings. The van der Waals surface area contributed by atoms with Crippen LogP contribution in [0.5, 0.6) is 0 Å². The Morgan fingerprint density at radius 2 is 1.82 bits per heavy atom. The molecular formula is C40H36F8N8O3S. The summed E-state index contributed by atoms with van der Waals surface area (Å²) in [5, 5.41) is 6.72. The highest BCUT2D eigenvalue weighted by molar-refractivity contribution is 7.22. The number of pyridine rings is 1. The molecule has 2 aliphatic heterocycles. The Morgan fingerprint density at radius 3 is 2.48 bits per heavy atom. The predicted octanol–water partition coefficient (Wildman–Crippen LogP) is 6.70. The number of aromatic nitrogens is 4. The number of halogens is 8. The normalized spacial score (nSPS) is 21.3. The highest BCUT2D eigenvalue weighted by Crippen LogP contribution is 2.68. The van der Waals surface area contributed by atoms with E-state index in [2.05, 4.69) is 27.1 Å². The third-order valence-electron chi connectivity index (χ3n) is 11.8. The van der Waals surface area contributed by atoms with E-state index in [-0.39, 0.29) is 46.9 Å². The summed E-state index contributed by atoms with van der Waals surface area (Å²) in [6, 6.07) is 7.04. The maximum Gasteiger partial charge on any atom is 0.435 e. The van der Waals surface area contributed by atoms with Crippen LogP contribution in [-0.4, -0.2) is 81.4 Å². The smallest absolute Gasteiger partial charge is 0.378 e. The highest BCUT2D eigenvalue weighted by atomic mass is 32.1. The molecule has 0 radical (unpaired) electrons. The molecule has 0 spiro atoms. The minimum Gasteiger partial charge on any atom is -0.378 e. The molecule has 316 valence electrons. The number of carbonyl (C=O) groups is 2. The highest BCUT2D eigenvalue weighted by Gasteiger charge is 2.68. The fraction of sp³-hybridized carbons (Fsp3) is 0.425. The third-order valence-corrected chi connectivity index (χ3v) is 12.9. The first kappa shape index (κ1) is 40.2. The van der Waals surface area contributed by atoms with Gasteiger partial charge in [0.15, 0.2) is 16.5 Å². The zero-order chi connectivity index (χ0) is 42.4. The lowest BCUT2D eigenvalue weighted by molar-refractivity contribution is -0.142. The molecule has 0 bridgehead atoms. The van der Waals surface area contributed by atoms with Crippen molar-refractivity contribution < 1.29 is 49.4 Å². The maximum atomic E-state index is 15.4. The number of thiazole rings is 1. The number of likely N-dealkylation sites (N-methyl/N-ethyl adjacent to an activating group) is 1. The van der Waals surface area contributed by atoms with Gasteiger partial charge >= 0.3 is 6.18 Å². The van der Waals surface area contributed by atoms with Gasteiger partial charge in [-0.05, 0) is 73.2 Å². The van der Waals surface area contributed by atoms with E-state index in [1.165, 1.54) is 23.5 Å². The molecule has 4 aliphatic rings. The molecule has 9 rings (SSSR count). The van der Waals surface area contributed by atoms with Crippen molar-refractivity contribution in [3.8, 4) is 11.1 Å². The largest absolute Gasteiger partial charge is 0.435 e. The van der Waals surface area contributed by atoms with E-state index in [4.69, 9.17) is 20.4 Å². The van der Waals surface area contributed by atoms with Crippen LogP contribution in [0.4, 0.5) is 40.3 Å². The Kier molecular flexibility index (Phi) is 9.89. The zero-order valence-electron chi connectivity index (χ0n) is 31.7. The number of nitrogens with one attached hydrogen (secondary N) is 1. The summed E-state index contributed by atoms with van der Waals surface area (Å²) in [6.45, 7) is 4.54. The van der Waals surface area contributed by atoms with Gasteiger partial charge in [-0.15, -0.1) is 0 Å². The van der Waals surface area contributed by atoms with Crippen molar-refractivity contribution in [1.29, 1.82) is 0 Å². The minimum atomic E-state index is -5.07. The number of benzene rings is 2. The first-order chi connectivity index (χ1) is 28.5. The molecule has 5 aromatic rings. The number of fused-ring (bicyclic) bond motifs is 4. The summed E-state index contributed by atoms with van der Waals surface area (Å²) in [4.78, 5) is 40.4. The number of ether oxygens (including phenoxy) is 1. The molecule has 11 nitrogen and oxygen atoms in total. The van der Waals surface area contributed by atoms with Gasteiger partial charge in [-0.3, -0.25) is 19.2 Å². The van der Waals surface area contributed by atoms with Crippen LogP contribution < -0.4 is 16.0 Å². The van der Waals surface area contributed by atoms with Gasteiger partial charge < -0.3 is 20.7 Å². The van der Waals surface area contributed by atoms with Crippen molar-refractivity contribution in [3.63, 3.8) is 0 Å². The van der Waals surface area contributed by atoms with E-state index in [0.717, 1.165) is 31.2 Å². The molecule has 4 atom stereocenters. The Balaban J connectivity index is 1.12.